The van der Waals surface area contributed by atoms with Gasteiger partial charge in [0, 0.05) is 39.9 Å². The average Bonchev–Trinajstić information content (AvgIpc) is 2.88. The fourth-order valence-electron chi connectivity index (χ4n) is 3.24. The highest BCUT2D eigenvalue weighted by Crippen LogP contribution is 2.45. The van der Waals surface area contributed by atoms with Gasteiger partial charge >= 0.3 is 0 Å². The summed E-state index contributed by atoms with van der Waals surface area (Å²) in [5.41, 5.74) is 4.99. The Morgan fingerprint density at radius 1 is 1.07 bits per heavy atom. The molecule has 0 saturated carbocycles. The first-order chi connectivity index (χ1) is 13.6. The highest BCUT2D eigenvalue weighted by Gasteiger charge is 2.22. The van der Waals surface area contributed by atoms with Crippen LogP contribution in [0.5, 0.6) is 0 Å². The number of nitrogens with zero attached hydrogens (tertiary/aromatic N) is 1. The molecule has 0 saturated heterocycles. The molecule has 1 N–H and O–H groups in total. The van der Waals surface area contributed by atoms with Crippen LogP contribution < -0.4 is 5.32 Å². The number of hydrogen-bond donors (Lipinski definition) is 1. The number of hydrogen-bond acceptors (Lipinski definition) is 3. The van der Waals surface area contributed by atoms with Crippen molar-refractivity contribution in [1.29, 1.82) is 0 Å². The maximum atomic E-state index is 11.4. The van der Waals surface area contributed by atoms with Crippen molar-refractivity contribution in [3.8, 4) is 0 Å². The lowest BCUT2D eigenvalue weighted by Gasteiger charge is -2.16. The number of para-hydroxylation sites is 1. The van der Waals surface area contributed by atoms with E-state index in [1.165, 1.54) is 12.5 Å². The third-order valence-corrected chi connectivity index (χ3v) is 6.10. The van der Waals surface area contributed by atoms with Crippen molar-refractivity contribution in [2.45, 2.75) is 23.5 Å². The van der Waals surface area contributed by atoms with Gasteiger partial charge in [-0.15, -0.1) is 11.8 Å². The molecule has 1 aliphatic rings. The number of benzene rings is 3. The van der Waals surface area contributed by atoms with Gasteiger partial charge in [0.15, 0.2) is 0 Å². The second-order valence-electron chi connectivity index (χ2n) is 6.65. The Morgan fingerprint density at radius 3 is 2.64 bits per heavy atom. The normalized spacial score (nSPS) is 15.9. The molecule has 5 heteroatoms. The van der Waals surface area contributed by atoms with Crippen molar-refractivity contribution in [2.75, 3.05) is 5.32 Å². The number of amides is 1. The lowest BCUT2D eigenvalue weighted by atomic mass is 10.0. The van der Waals surface area contributed by atoms with Crippen molar-refractivity contribution in [2.24, 2.45) is 4.99 Å². The summed E-state index contributed by atoms with van der Waals surface area (Å²) in [5, 5.41) is 3.82. The zero-order valence-corrected chi connectivity index (χ0v) is 16.9. The fraction of sp³-hybridized carbons (Fsp3) is 0.130. The second-order valence-corrected chi connectivity index (χ2v) is 8.33. The second kappa shape index (κ2) is 8.21. The maximum absolute atomic E-state index is 11.4. The van der Waals surface area contributed by atoms with Gasteiger partial charge in [-0.1, -0.05) is 48.0 Å². The molecular weight excluding hydrogens is 388 g/mol. The van der Waals surface area contributed by atoms with Crippen molar-refractivity contribution in [1.82, 2.24) is 0 Å². The Bertz CT molecular complexity index is 1050. The van der Waals surface area contributed by atoms with Crippen LogP contribution in [0.3, 0.4) is 0 Å². The van der Waals surface area contributed by atoms with Crippen molar-refractivity contribution < 1.29 is 4.79 Å². The first-order valence-electron chi connectivity index (χ1n) is 9.05. The molecular formula is C23H19ClN2OS. The number of aliphatic imine (C=N–C) groups is 1. The number of fused-ring (bicyclic) bond motifs is 1. The Kier molecular flexibility index (Phi) is 5.51. The molecule has 4 rings (SSSR count). The number of carbonyl (C=O) groups is 1. The Balaban J connectivity index is 1.76. The molecule has 28 heavy (non-hydrogen) atoms. The van der Waals surface area contributed by atoms with E-state index >= 15 is 0 Å². The van der Waals surface area contributed by atoms with Gasteiger partial charge in [-0.25, -0.2) is 0 Å². The molecule has 1 atom stereocenters. The van der Waals surface area contributed by atoms with Crippen LogP contribution in [0.15, 0.2) is 82.7 Å². The van der Waals surface area contributed by atoms with E-state index in [4.69, 9.17) is 16.6 Å². The predicted molar refractivity (Wildman–Crippen MR) is 118 cm³/mol. The van der Waals surface area contributed by atoms with Crippen molar-refractivity contribution >= 4 is 46.4 Å². The van der Waals surface area contributed by atoms with Gasteiger partial charge in [-0.2, -0.15) is 0 Å². The zero-order chi connectivity index (χ0) is 19.5. The first kappa shape index (κ1) is 18.8. The third kappa shape index (κ3) is 4.29. The van der Waals surface area contributed by atoms with Gasteiger partial charge in [-0.05, 0) is 47.5 Å². The van der Waals surface area contributed by atoms with Crippen LogP contribution >= 0.6 is 23.4 Å². The fourth-order valence-corrected chi connectivity index (χ4v) is 4.59. The molecule has 3 aromatic carbocycles. The molecule has 0 fully saturated rings. The van der Waals surface area contributed by atoms with E-state index in [9.17, 15) is 4.79 Å². The van der Waals surface area contributed by atoms with E-state index in [-0.39, 0.29) is 11.2 Å². The van der Waals surface area contributed by atoms with E-state index in [1.807, 2.05) is 66.4 Å². The van der Waals surface area contributed by atoms with Crippen LogP contribution in [0.2, 0.25) is 5.02 Å². The van der Waals surface area contributed by atoms with Crippen LogP contribution in [0.1, 0.15) is 29.7 Å². The van der Waals surface area contributed by atoms with Crippen LogP contribution in [-0.2, 0) is 4.79 Å². The summed E-state index contributed by atoms with van der Waals surface area (Å²) in [6.45, 7) is 1.51. The van der Waals surface area contributed by atoms with E-state index in [0.29, 0.717) is 0 Å². The molecule has 3 aromatic rings. The van der Waals surface area contributed by atoms with E-state index in [2.05, 4.69) is 23.5 Å². The molecule has 1 heterocycles. The molecule has 140 valence electrons. The number of carbonyl (C=O) groups excluding carboxylic acids is 1. The minimum absolute atomic E-state index is 0.0834. The van der Waals surface area contributed by atoms with Crippen molar-refractivity contribution in [3.05, 3.63) is 88.9 Å². The quantitative estimate of drug-likeness (QED) is 0.528. The number of nitrogens with one attached hydrogen (secondary N) is 1. The van der Waals surface area contributed by atoms with Crippen LogP contribution in [-0.4, -0.2) is 11.6 Å². The summed E-state index contributed by atoms with van der Waals surface area (Å²) < 4.78 is 0. The van der Waals surface area contributed by atoms with Gasteiger partial charge in [0.25, 0.3) is 0 Å². The van der Waals surface area contributed by atoms with Gasteiger partial charge < -0.3 is 5.32 Å². The first-order valence-corrected chi connectivity index (χ1v) is 10.3. The van der Waals surface area contributed by atoms with E-state index < -0.39 is 0 Å². The van der Waals surface area contributed by atoms with Crippen molar-refractivity contribution in [3.63, 3.8) is 0 Å². The highest BCUT2D eigenvalue weighted by molar-refractivity contribution is 7.99. The Morgan fingerprint density at radius 2 is 1.86 bits per heavy atom. The molecule has 0 radical (unpaired) electrons. The number of halogens is 1. The molecule has 0 aliphatic carbocycles. The minimum Gasteiger partial charge on any atom is -0.326 e. The monoisotopic (exact) mass is 406 g/mol. The smallest absolute Gasteiger partial charge is 0.221 e. The zero-order valence-electron chi connectivity index (χ0n) is 15.4. The van der Waals surface area contributed by atoms with Crippen LogP contribution in [0, 0.1) is 0 Å². The molecule has 1 amide bonds. The summed E-state index contributed by atoms with van der Waals surface area (Å²) in [6.07, 6.45) is 0.782. The summed E-state index contributed by atoms with van der Waals surface area (Å²) in [6, 6.07) is 24.1. The topological polar surface area (TPSA) is 41.5 Å². The largest absolute Gasteiger partial charge is 0.326 e. The number of rotatable bonds is 3. The standard InChI is InChI=1S/C23H19ClN2OS/c1-15(27)25-19-6-4-5-17(13-19)21-14-23(16-9-11-18(24)12-10-16)28-22-8-3-2-7-20(22)26-21/h2-13,23H,14H2,1H3,(H,25,27). The molecule has 3 nitrogen and oxygen atoms in total. The number of anilines is 1. The third-order valence-electron chi connectivity index (χ3n) is 4.53. The van der Waals surface area contributed by atoms with Gasteiger partial charge in [0.2, 0.25) is 5.91 Å². The lowest BCUT2D eigenvalue weighted by Crippen LogP contribution is -2.08. The molecule has 0 aromatic heterocycles. The number of thioether (sulfide) groups is 1. The Labute approximate surface area is 173 Å². The van der Waals surface area contributed by atoms with Gasteiger partial charge in [-0.3, -0.25) is 9.79 Å². The summed E-state index contributed by atoms with van der Waals surface area (Å²) in [5.74, 6) is -0.0834. The highest BCUT2D eigenvalue weighted by atomic mass is 35.5. The van der Waals surface area contributed by atoms with Gasteiger partial charge in [0.05, 0.1) is 5.69 Å². The maximum Gasteiger partial charge on any atom is 0.221 e. The van der Waals surface area contributed by atoms with Gasteiger partial charge in [0.1, 0.15) is 0 Å². The molecule has 0 bridgehead atoms. The van der Waals surface area contributed by atoms with Crippen LogP contribution in [0.4, 0.5) is 11.4 Å². The summed E-state index contributed by atoms with van der Waals surface area (Å²) in [7, 11) is 0. The van der Waals surface area contributed by atoms with E-state index in [1.54, 1.807) is 0 Å². The molecule has 1 unspecified atom stereocenters. The lowest BCUT2D eigenvalue weighted by molar-refractivity contribution is -0.114. The molecule has 1 aliphatic heterocycles. The Hall–Kier alpha value is -2.56. The summed E-state index contributed by atoms with van der Waals surface area (Å²) >= 11 is 7.91. The van der Waals surface area contributed by atoms with Crippen LogP contribution in [0.25, 0.3) is 0 Å². The predicted octanol–water partition coefficient (Wildman–Crippen LogP) is 6.66. The summed E-state index contributed by atoms with van der Waals surface area (Å²) in [4.78, 5) is 17.6. The minimum atomic E-state index is -0.0834. The SMILES string of the molecule is CC(=O)Nc1cccc(C2=Nc3ccccc3SC(c3ccc(Cl)cc3)C2)c1. The molecule has 0 spiro atoms. The van der Waals surface area contributed by atoms with E-state index in [0.717, 1.165) is 39.0 Å². The average molecular weight is 407 g/mol.